The molecule has 0 unspecified atom stereocenters. The minimum absolute atomic E-state index is 0. The molecule has 0 aliphatic carbocycles. The summed E-state index contributed by atoms with van der Waals surface area (Å²) >= 11 is 0. The first-order valence-electron chi connectivity index (χ1n) is 2.49. The largest absolute Gasteiger partial charge is 1.00 e. The molecule has 0 amide bonds. The Balaban J connectivity index is 0.000000640. The summed E-state index contributed by atoms with van der Waals surface area (Å²) in [5, 5.41) is 8.52. The molecule has 0 fully saturated rings. The first-order valence-corrected chi connectivity index (χ1v) is 2.49. The molecule has 1 rings (SSSR count). The second-order valence-electron chi connectivity index (χ2n) is 1.57. The predicted molar refractivity (Wildman–Crippen MR) is 31.2 cm³/mol. The van der Waals surface area contributed by atoms with Gasteiger partial charge in [-0.25, -0.2) is 0 Å². The molecule has 1 aromatic carbocycles. The fourth-order valence-corrected chi connectivity index (χ4v) is 0.527. The molecule has 1 N–H and O–H groups in total. The molecule has 1 nitrogen and oxygen atoms in total. The maximum absolute atomic E-state index is 8.52. The molecule has 9 heavy (non-hydrogen) atoms. The smallest absolute Gasteiger partial charge is 0.394 e. The number of aliphatic hydroxyl groups excluding tert-OH is 1. The number of hydrogen-bond acceptors (Lipinski definition) is 1. The number of benzene rings is 1. The Morgan fingerprint density at radius 2 is 1.89 bits per heavy atom. The summed E-state index contributed by atoms with van der Waals surface area (Å²) < 4.78 is 0. The molecule has 0 spiro atoms. The van der Waals surface area contributed by atoms with Crippen LogP contribution in [0.1, 0.15) is 5.56 Å². The Morgan fingerprint density at radius 1 is 1.33 bits per heavy atom. The molecule has 0 bridgehead atoms. The van der Waals surface area contributed by atoms with Gasteiger partial charge in [0, 0.05) is 6.61 Å². The average molecular weight is 114 g/mol. The Morgan fingerprint density at radius 3 is 2.22 bits per heavy atom. The molecule has 42 valence electrons. The number of rotatable bonds is 1. The summed E-state index contributed by atoms with van der Waals surface area (Å²) in [6.07, 6.45) is 0. The van der Waals surface area contributed by atoms with Gasteiger partial charge in [-0.3, -0.25) is 0 Å². The van der Waals surface area contributed by atoms with Gasteiger partial charge in [0.15, 0.2) is 0 Å². The molecule has 1 aromatic rings. The third-order valence-corrected chi connectivity index (χ3v) is 0.970. The van der Waals surface area contributed by atoms with Crippen molar-refractivity contribution in [2.45, 2.75) is 6.61 Å². The van der Waals surface area contributed by atoms with Gasteiger partial charge in [0.05, 0.1) is 0 Å². The van der Waals surface area contributed by atoms with Crippen LogP contribution in [0, 0.1) is 6.07 Å². The fourth-order valence-electron chi connectivity index (χ4n) is 0.527. The van der Waals surface area contributed by atoms with E-state index in [0.29, 0.717) is 0 Å². The van der Waals surface area contributed by atoms with Gasteiger partial charge in [0.25, 0.3) is 0 Å². The predicted octanol–water partition coefficient (Wildman–Crippen LogP) is -2.02. The summed E-state index contributed by atoms with van der Waals surface area (Å²) in [5.41, 5.74) is 0.934. The molecule has 0 radical (unpaired) electrons. The maximum atomic E-state index is 8.52. The van der Waals surface area contributed by atoms with Crippen molar-refractivity contribution in [2.24, 2.45) is 0 Å². The van der Waals surface area contributed by atoms with E-state index in [2.05, 4.69) is 6.07 Å². The monoisotopic (exact) mass is 114 g/mol. The number of aliphatic hydroxyl groups is 1. The van der Waals surface area contributed by atoms with Crippen LogP contribution in [0.25, 0.3) is 0 Å². The van der Waals surface area contributed by atoms with Crippen LogP contribution in [0.3, 0.4) is 0 Å². The Hall–Kier alpha value is -0.223. The Labute approximate surface area is 66.9 Å². The van der Waals surface area contributed by atoms with Crippen molar-refractivity contribution in [2.75, 3.05) is 0 Å². The minimum atomic E-state index is 0. The van der Waals surface area contributed by atoms with Crippen molar-refractivity contribution < 1.29 is 24.0 Å². The summed E-state index contributed by atoms with van der Waals surface area (Å²) in [4.78, 5) is 0. The van der Waals surface area contributed by atoms with Crippen molar-refractivity contribution in [3.8, 4) is 0 Å². The molecule has 0 aromatic heterocycles. The van der Waals surface area contributed by atoms with Crippen LogP contribution < -0.4 is 18.9 Å². The molecule has 0 heterocycles. The van der Waals surface area contributed by atoms with Gasteiger partial charge in [-0.15, -0.1) is 5.56 Å². The second kappa shape index (κ2) is 4.64. The van der Waals surface area contributed by atoms with E-state index in [1.165, 1.54) is 0 Å². The van der Waals surface area contributed by atoms with Crippen molar-refractivity contribution in [1.82, 2.24) is 0 Å². The third-order valence-electron chi connectivity index (χ3n) is 0.970. The van der Waals surface area contributed by atoms with Gasteiger partial charge in [-0.05, 0) is 0 Å². The second-order valence-corrected chi connectivity index (χ2v) is 1.57. The van der Waals surface area contributed by atoms with Crippen LogP contribution in [-0.4, -0.2) is 5.11 Å². The Kier molecular flexibility index (Phi) is 4.52. The summed E-state index contributed by atoms with van der Waals surface area (Å²) in [6.45, 7) is 0.120. The van der Waals surface area contributed by atoms with E-state index in [4.69, 9.17) is 5.11 Å². The third kappa shape index (κ3) is 2.72. The topological polar surface area (TPSA) is 20.2 Å². The SMILES string of the molecule is OCc1cc[c-]cc1.[Li+]. The van der Waals surface area contributed by atoms with Gasteiger partial charge in [-0.1, -0.05) is 0 Å². The van der Waals surface area contributed by atoms with Crippen molar-refractivity contribution in [3.63, 3.8) is 0 Å². The maximum Gasteiger partial charge on any atom is 1.00 e. The van der Waals surface area contributed by atoms with E-state index in [9.17, 15) is 0 Å². The van der Waals surface area contributed by atoms with Crippen LogP contribution >= 0.6 is 0 Å². The van der Waals surface area contributed by atoms with Gasteiger partial charge in [0.2, 0.25) is 0 Å². The van der Waals surface area contributed by atoms with E-state index in [0.717, 1.165) is 5.56 Å². The first kappa shape index (κ1) is 8.78. The zero-order valence-electron chi connectivity index (χ0n) is 5.46. The zero-order valence-corrected chi connectivity index (χ0v) is 5.46. The van der Waals surface area contributed by atoms with Gasteiger partial charge in [0.1, 0.15) is 0 Å². The average Bonchev–Trinajstić information content (AvgIpc) is 1.90. The normalized spacial score (nSPS) is 8.11. The summed E-state index contributed by atoms with van der Waals surface area (Å²) in [7, 11) is 0. The van der Waals surface area contributed by atoms with Gasteiger partial charge >= 0.3 is 18.9 Å². The van der Waals surface area contributed by atoms with E-state index >= 15 is 0 Å². The van der Waals surface area contributed by atoms with Crippen LogP contribution in [0.2, 0.25) is 0 Å². The van der Waals surface area contributed by atoms with Crippen LogP contribution in [0.15, 0.2) is 24.3 Å². The molecular weight excluding hydrogens is 107 g/mol. The van der Waals surface area contributed by atoms with E-state index in [-0.39, 0.29) is 25.5 Å². The molecule has 2 heteroatoms. The molecule has 0 aliphatic rings. The summed E-state index contributed by atoms with van der Waals surface area (Å²) in [6, 6.07) is 10.1. The Bertz CT molecular complexity index is 150. The summed E-state index contributed by atoms with van der Waals surface area (Å²) in [5.74, 6) is 0. The van der Waals surface area contributed by atoms with Crippen LogP contribution in [0.5, 0.6) is 0 Å². The van der Waals surface area contributed by atoms with Crippen molar-refractivity contribution >= 4 is 0 Å². The molecular formula is C7H7LiO. The van der Waals surface area contributed by atoms with Crippen LogP contribution in [0.4, 0.5) is 0 Å². The standard InChI is InChI=1S/C7H7O.Li/c8-6-7-4-2-1-3-5-7;/h2-5,8H,6H2;/q-1;+1. The van der Waals surface area contributed by atoms with E-state index < -0.39 is 0 Å². The van der Waals surface area contributed by atoms with E-state index in [1.54, 1.807) is 12.1 Å². The quantitative estimate of drug-likeness (QED) is 0.330. The van der Waals surface area contributed by atoms with E-state index in [1.807, 2.05) is 12.1 Å². The van der Waals surface area contributed by atoms with Gasteiger partial charge < -0.3 is 5.11 Å². The zero-order chi connectivity index (χ0) is 5.82. The van der Waals surface area contributed by atoms with Gasteiger partial charge in [-0.2, -0.15) is 30.3 Å². The van der Waals surface area contributed by atoms with Crippen LogP contribution in [-0.2, 0) is 6.61 Å². The molecule has 0 atom stereocenters. The molecule has 0 saturated heterocycles. The first-order chi connectivity index (χ1) is 3.93. The van der Waals surface area contributed by atoms with Crippen molar-refractivity contribution in [3.05, 3.63) is 35.9 Å². The molecule has 0 saturated carbocycles. The fraction of sp³-hybridized carbons (Fsp3) is 0.143. The van der Waals surface area contributed by atoms with Crippen molar-refractivity contribution in [1.29, 1.82) is 0 Å². The minimum Gasteiger partial charge on any atom is -0.394 e. The molecule has 0 aliphatic heterocycles. The number of hydrogen-bond donors (Lipinski definition) is 1.